The van der Waals surface area contributed by atoms with Gasteiger partial charge in [0.1, 0.15) is 11.6 Å². The molecule has 3 unspecified atom stereocenters. The minimum absolute atomic E-state index is 0.0801. The Morgan fingerprint density at radius 2 is 1.81 bits per heavy atom. The number of carbonyl (C=O) groups is 2. The largest absolute Gasteiger partial charge is 0.322 e. The molecule has 1 heterocycles. The summed E-state index contributed by atoms with van der Waals surface area (Å²) in [6, 6.07) is 2.22. The number of piperidine rings is 1. The van der Waals surface area contributed by atoms with Crippen LogP contribution in [0.5, 0.6) is 0 Å². The summed E-state index contributed by atoms with van der Waals surface area (Å²) in [5, 5.41) is 0. The van der Waals surface area contributed by atoms with E-state index < -0.39 is 17.7 Å². The van der Waals surface area contributed by atoms with Crippen LogP contribution in [-0.4, -0.2) is 23.3 Å². The molecule has 1 aromatic rings. The summed E-state index contributed by atoms with van der Waals surface area (Å²) in [6.07, 6.45) is 0. The van der Waals surface area contributed by atoms with Gasteiger partial charge in [0, 0.05) is 18.2 Å². The number of nitrogens with zero attached hydrogens (tertiary/aromatic N) is 1. The molecule has 112 valence electrons. The zero-order valence-electron chi connectivity index (χ0n) is 11.8. The second-order valence-corrected chi connectivity index (χ2v) is 6.34. The Labute approximate surface area is 120 Å². The van der Waals surface area contributed by atoms with Gasteiger partial charge >= 0.3 is 0 Å². The molecule has 21 heavy (non-hydrogen) atoms. The number of imide groups is 1. The molecule has 1 saturated carbocycles. The normalized spacial score (nSPS) is 27.8. The van der Waals surface area contributed by atoms with Crippen molar-refractivity contribution < 1.29 is 18.4 Å². The molecule has 1 aliphatic heterocycles. The quantitative estimate of drug-likeness (QED) is 0.861. The Balaban J connectivity index is 1.76. The van der Waals surface area contributed by atoms with Crippen LogP contribution in [0.15, 0.2) is 18.2 Å². The standard InChI is InChI=1S/C15H16F2N2O2/c1-15(2)11-12(15)14(21)19(13(11)20)6-10(18)8-4-3-7(16)5-9(8)17/h3-5,10-12H,6,18H2,1-2H3. The molecule has 1 saturated heterocycles. The number of nitrogens with two attached hydrogens (primary N) is 1. The van der Waals surface area contributed by atoms with Crippen molar-refractivity contribution in [2.75, 3.05) is 6.54 Å². The summed E-state index contributed by atoms with van der Waals surface area (Å²) in [5.74, 6) is -2.52. The van der Waals surface area contributed by atoms with Gasteiger partial charge in [-0.1, -0.05) is 19.9 Å². The first-order chi connectivity index (χ1) is 9.75. The van der Waals surface area contributed by atoms with Crippen LogP contribution in [0.4, 0.5) is 8.78 Å². The lowest BCUT2D eigenvalue weighted by Gasteiger charge is -2.24. The average Bonchev–Trinajstić information content (AvgIpc) is 2.86. The predicted octanol–water partition coefficient (Wildman–Crippen LogP) is 1.61. The number of rotatable bonds is 3. The molecule has 0 spiro atoms. The highest BCUT2D eigenvalue weighted by molar-refractivity contribution is 6.10. The Kier molecular flexibility index (Phi) is 2.92. The molecule has 1 aromatic carbocycles. The smallest absolute Gasteiger partial charge is 0.233 e. The Hall–Kier alpha value is -1.82. The summed E-state index contributed by atoms with van der Waals surface area (Å²) in [5.41, 5.74) is 5.68. The molecule has 6 heteroatoms. The van der Waals surface area contributed by atoms with E-state index in [9.17, 15) is 18.4 Å². The zero-order valence-corrected chi connectivity index (χ0v) is 11.8. The SMILES string of the molecule is CC1(C)C2C(=O)N(CC(N)c3ccc(F)cc3F)C(=O)C21. The molecule has 2 fully saturated rings. The van der Waals surface area contributed by atoms with Gasteiger partial charge in [-0.25, -0.2) is 8.78 Å². The number of amides is 2. The van der Waals surface area contributed by atoms with Crippen LogP contribution in [0, 0.1) is 28.9 Å². The summed E-state index contributed by atoms with van der Waals surface area (Å²) < 4.78 is 26.6. The van der Waals surface area contributed by atoms with Gasteiger partial charge in [0.15, 0.2) is 0 Å². The predicted molar refractivity (Wildman–Crippen MR) is 70.8 cm³/mol. The zero-order chi connectivity index (χ0) is 15.5. The molecule has 0 radical (unpaired) electrons. The first-order valence-corrected chi connectivity index (χ1v) is 6.81. The Bertz CT molecular complexity index is 621. The topological polar surface area (TPSA) is 63.4 Å². The van der Waals surface area contributed by atoms with E-state index >= 15 is 0 Å². The molecule has 0 bridgehead atoms. The van der Waals surface area contributed by atoms with Gasteiger partial charge in [0.25, 0.3) is 0 Å². The molecule has 2 aliphatic rings. The van der Waals surface area contributed by atoms with Crippen LogP contribution in [0.2, 0.25) is 0 Å². The fourth-order valence-electron chi connectivity index (χ4n) is 3.28. The molecule has 3 rings (SSSR count). The maximum Gasteiger partial charge on any atom is 0.233 e. The van der Waals surface area contributed by atoms with E-state index in [0.717, 1.165) is 17.0 Å². The van der Waals surface area contributed by atoms with Crippen LogP contribution in [-0.2, 0) is 9.59 Å². The van der Waals surface area contributed by atoms with Crippen molar-refractivity contribution in [2.24, 2.45) is 23.0 Å². The second-order valence-electron chi connectivity index (χ2n) is 6.34. The molecule has 2 N–H and O–H groups in total. The lowest BCUT2D eigenvalue weighted by molar-refractivity contribution is -0.143. The summed E-state index contributed by atoms with van der Waals surface area (Å²) in [7, 11) is 0. The minimum Gasteiger partial charge on any atom is -0.322 e. The molecule has 3 atom stereocenters. The number of fused-ring (bicyclic) bond motifs is 1. The van der Waals surface area contributed by atoms with Gasteiger partial charge in [-0.2, -0.15) is 0 Å². The number of hydrogen-bond acceptors (Lipinski definition) is 3. The van der Waals surface area contributed by atoms with E-state index in [-0.39, 0.29) is 41.2 Å². The maximum atomic E-state index is 13.7. The monoisotopic (exact) mass is 294 g/mol. The third-order valence-electron chi connectivity index (χ3n) is 4.63. The van der Waals surface area contributed by atoms with Gasteiger partial charge in [0.2, 0.25) is 11.8 Å². The molecular formula is C15H16F2N2O2. The number of carbonyl (C=O) groups excluding carboxylic acids is 2. The van der Waals surface area contributed by atoms with Crippen molar-refractivity contribution in [1.29, 1.82) is 0 Å². The van der Waals surface area contributed by atoms with Crippen molar-refractivity contribution in [2.45, 2.75) is 19.9 Å². The fraction of sp³-hybridized carbons (Fsp3) is 0.467. The van der Waals surface area contributed by atoms with Crippen molar-refractivity contribution >= 4 is 11.8 Å². The number of hydrogen-bond donors (Lipinski definition) is 1. The minimum atomic E-state index is -0.862. The van der Waals surface area contributed by atoms with Crippen LogP contribution >= 0.6 is 0 Å². The first kappa shape index (κ1) is 14.1. The molecular weight excluding hydrogens is 278 g/mol. The second kappa shape index (κ2) is 4.34. The highest BCUT2D eigenvalue weighted by atomic mass is 19.1. The fourth-order valence-corrected chi connectivity index (χ4v) is 3.28. The third-order valence-corrected chi connectivity index (χ3v) is 4.63. The van der Waals surface area contributed by atoms with Crippen LogP contribution < -0.4 is 5.73 Å². The van der Waals surface area contributed by atoms with Crippen LogP contribution in [0.25, 0.3) is 0 Å². The highest BCUT2D eigenvalue weighted by Gasteiger charge is 2.72. The lowest BCUT2D eigenvalue weighted by Crippen LogP contribution is -2.41. The van der Waals surface area contributed by atoms with E-state index in [2.05, 4.69) is 0 Å². The average molecular weight is 294 g/mol. The molecule has 1 aliphatic carbocycles. The molecule has 4 nitrogen and oxygen atoms in total. The Morgan fingerprint density at radius 3 is 2.33 bits per heavy atom. The Morgan fingerprint density at radius 1 is 1.24 bits per heavy atom. The number of benzene rings is 1. The van der Waals surface area contributed by atoms with Crippen molar-refractivity contribution in [1.82, 2.24) is 4.90 Å². The van der Waals surface area contributed by atoms with E-state index in [1.54, 1.807) is 0 Å². The number of likely N-dealkylation sites (tertiary alicyclic amines) is 1. The lowest BCUT2D eigenvalue weighted by atomic mass is 10.0. The maximum absolute atomic E-state index is 13.7. The van der Waals surface area contributed by atoms with Gasteiger partial charge in [-0.15, -0.1) is 0 Å². The van der Waals surface area contributed by atoms with Crippen LogP contribution in [0.1, 0.15) is 25.5 Å². The third kappa shape index (κ3) is 1.97. The summed E-state index contributed by atoms with van der Waals surface area (Å²) in [4.78, 5) is 25.5. The molecule has 2 amide bonds. The number of halogens is 2. The van der Waals surface area contributed by atoms with Crippen molar-refractivity contribution in [3.8, 4) is 0 Å². The summed E-state index contributed by atoms with van der Waals surface area (Å²) in [6.45, 7) is 3.69. The van der Waals surface area contributed by atoms with Crippen LogP contribution in [0.3, 0.4) is 0 Å². The van der Waals surface area contributed by atoms with Gasteiger partial charge in [0.05, 0.1) is 17.9 Å². The highest BCUT2D eigenvalue weighted by Crippen LogP contribution is 2.63. The van der Waals surface area contributed by atoms with Gasteiger partial charge < -0.3 is 5.73 Å². The van der Waals surface area contributed by atoms with E-state index in [1.807, 2.05) is 13.8 Å². The molecule has 0 aromatic heterocycles. The van der Waals surface area contributed by atoms with Gasteiger partial charge in [-0.05, 0) is 11.5 Å². The first-order valence-electron chi connectivity index (χ1n) is 6.81. The van der Waals surface area contributed by atoms with E-state index in [1.165, 1.54) is 6.07 Å². The summed E-state index contributed by atoms with van der Waals surface area (Å²) >= 11 is 0. The van der Waals surface area contributed by atoms with E-state index in [0.29, 0.717) is 0 Å². The van der Waals surface area contributed by atoms with Crippen molar-refractivity contribution in [3.05, 3.63) is 35.4 Å². The van der Waals surface area contributed by atoms with E-state index in [4.69, 9.17) is 5.73 Å². The van der Waals surface area contributed by atoms with Crippen molar-refractivity contribution in [3.63, 3.8) is 0 Å². The van der Waals surface area contributed by atoms with Gasteiger partial charge in [-0.3, -0.25) is 14.5 Å².